The van der Waals surface area contributed by atoms with Gasteiger partial charge in [0.2, 0.25) is 0 Å². The number of aromatic hydroxyl groups is 1. The van der Waals surface area contributed by atoms with E-state index in [-0.39, 0.29) is 17.5 Å². The summed E-state index contributed by atoms with van der Waals surface area (Å²) in [4.78, 5) is 13.0. The van der Waals surface area contributed by atoms with Gasteiger partial charge in [0.1, 0.15) is 0 Å². The number of fused-ring (bicyclic) bond motifs is 2. The number of phenolic OH excluding ortho intramolecular Hbond substituents is 1. The monoisotopic (exact) mass is 326 g/mol. The number of ether oxygens (including phenoxy) is 1. The van der Waals surface area contributed by atoms with Crippen LogP contribution in [0.25, 0.3) is 11.1 Å². The first kappa shape index (κ1) is 15.0. The Morgan fingerprint density at radius 3 is 2.83 bits per heavy atom. The largest absolute Gasteiger partial charge is 0.504 e. The Balaban J connectivity index is 2.05. The van der Waals surface area contributed by atoms with Crippen LogP contribution < -0.4 is 4.74 Å². The molecule has 1 aliphatic carbocycles. The summed E-state index contributed by atoms with van der Waals surface area (Å²) in [5.74, 6) is 0.490. The lowest BCUT2D eigenvalue weighted by atomic mass is 9.76. The molecule has 0 fully saturated rings. The number of rotatable bonds is 2. The van der Waals surface area contributed by atoms with E-state index in [0.717, 1.165) is 41.6 Å². The highest BCUT2D eigenvalue weighted by Gasteiger charge is 2.36. The molecular formula is C18H18N2O4. The smallest absolute Gasteiger partial charge is 0.270 e. The molecule has 24 heavy (non-hydrogen) atoms. The molecular weight excluding hydrogens is 308 g/mol. The van der Waals surface area contributed by atoms with Crippen LogP contribution in [0.15, 0.2) is 24.3 Å². The van der Waals surface area contributed by atoms with Crippen LogP contribution in [0.2, 0.25) is 0 Å². The molecule has 1 N–H and O–H groups in total. The molecule has 6 nitrogen and oxygen atoms in total. The maximum atomic E-state index is 11.2. The number of phenols is 1. The molecule has 0 bridgehead atoms. The van der Waals surface area contributed by atoms with Crippen molar-refractivity contribution in [3.63, 3.8) is 0 Å². The molecule has 1 aliphatic heterocycles. The van der Waals surface area contributed by atoms with Gasteiger partial charge in [-0.3, -0.25) is 15.0 Å². The highest BCUT2D eigenvalue weighted by molar-refractivity contribution is 5.84. The fraction of sp³-hybridized carbons (Fsp3) is 0.333. The van der Waals surface area contributed by atoms with Gasteiger partial charge in [-0.2, -0.15) is 0 Å². The molecule has 2 aromatic rings. The van der Waals surface area contributed by atoms with Crippen LogP contribution in [0, 0.1) is 10.1 Å². The van der Waals surface area contributed by atoms with Crippen molar-refractivity contribution in [3.05, 3.63) is 51.1 Å². The van der Waals surface area contributed by atoms with Gasteiger partial charge in [0, 0.05) is 30.3 Å². The van der Waals surface area contributed by atoms with Crippen molar-refractivity contribution in [1.29, 1.82) is 0 Å². The standard InChI is InChI=1S/C18H18N2O4/c1-19-6-5-11-8-15(24-2)18(21)17-13-9-12(20(22)23)4-3-10(13)7-14(19)16(11)17/h3-4,8-9,14,21H,5-7H2,1-2H3. The van der Waals surface area contributed by atoms with Gasteiger partial charge in [-0.05, 0) is 48.2 Å². The number of benzene rings is 2. The topological polar surface area (TPSA) is 75.8 Å². The van der Waals surface area contributed by atoms with Crippen molar-refractivity contribution < 1.29 is 14.8 Å². The highest BCUT2D eigenvalue weighted by Crippen LogP contribution is 2.52. The number of hydrogen-bond acceptors (Lipinski definition) is 5. The Morgan fingerprint density at radius 1 is 1.33 bits per heavy atom. The summed E-state index contributed by atoms with van der Waals surface area (Å²) in [5, 5.41) is 21.9. The second-order valence-corrected chi connectivity index (χ2v) is 6.42. The van der Waals surface area contributed by atoms with Crippen LogP contribution in [0.4, 0.5) is 5.69 Å². The van der Waals surface area contributed by atoms with Gasteiger partial charge in [0.25, 0.3) is 5.69 Å². The zero-order chi connectivity index (χ0) is 17.0. The Hall–Kier alpha value is -2.60. The molecule has 0 aromatic heterocycles. The average molecular weight is 326 g/mol. The minimum atomic E-state index is -0.401. The fourth-order valence-electron chi connectivity index (χ4n) is 3.96. The van der Waals surface area contributed by atoms with E-state index in [2.05, 4.69) is 11.9 Å². The van der Waals surface area contributed by atoms with Gasteiger partial charge in [-0.25, -0.2) is 0 Å². The molecule has 124 valence electrons. The van der Waals surface area contributed by atoms with Gasteiger partial charge in [0.05, 0.1) is 12.0 Å². The molecule has 1 unspecified atom stereocenters. The lowest BCUT2D eigenvalue weighted by Gasteiger charge is -2.40. The lowest BCUT2D eigenvalue weighted by Crippen LogP contribution is -2.35. The van der Waals surface area contributed by atoms with Gasteiger partial charge in [0.15, 0.2) is 11.5 Å². The van der Waals surface area contributed by atoms with Crippen LogP contribution in [-0.2, 0) is 12.8 Å². The first-order valence-corrected chi connectivity index (χ1v) is 7.92. The van der Waals surface area contributed by atoms with Crippen molar-refractivity contribution in [3.8, 4) is 22.6 Å². The van der Waals surface area contributed by atoms with Crippen LogP contribution in [0.1, 0.15) is 22.7 Å². The van der Waals surface area contributed by atoms with E-state index >= 15 is 0 Å². The Bertz CT molecular complexity index is 863. The van der Waals surface area contributed by atoms with Crippen molar-refractivity contribution in [2.45, 2.75) is 18.9 Å². The molecule has 0 saturated carbocycles. The first-order valence-electron chi connectivity index (χ1n) is 7.92. The van der Waals surface area contributed by atoms with E-state index in [1.165, 1.54) is 13.2 Å². The molecule has 4 rings (SSSR count). The summed E-state index contributed by atoms with van der Waals surface area (Å²) in [6, 6.07) is 6.97. The van der Waals surface area contributed by atoms with Crippen molar-refractivity contribution in [1.82, 2.24) is 4.90 Å². The summed E-state index contributed by atoms with van der Waals surface area (Å²) in [6.45, 7) is 0.938. The van der Waals surface area contributed by atoms with E-state index in [0.29, 0.717) is 11.3 Å². The lowest BCUT2D eigenvalue weighted by molar-refractivity contribution is -0.384. The molecule has 0 radical (unpaired) electrons. The summed E-state index contributed by atoms with van der Waals surface area (Å²) in [7, 11) is 3.60. The van der Waals surface area contributed by atoms with E-state index in [9.17, 15) is 15.2 Å². The third kappa shape index (κ3) is 1.99. The Morgan fingerprint density at radius 2 is 2.12 bits per heavy atom. The van der Waals surface area contributed by atoms with Crippen LogP contribution in [-0.4, -0.2) is 35.6 Å². The minimum Gasteiger partial charge on any atom is -0.504 e. The molecule has 0 spiro atoms. The second-order valence-electron chi connectivity index (χ2n) is 6.42. The summed E-state index contributed by atoms with van der Waals surface area (Å²) >= 11 is 0. The normalized spacial score (nSPS) is 18.7. The highest BCUT2D eigenvalue weighted by atomic mass is 16.6. The maximum absolute atomic E-state index is 11.2. The van der Waals surface area contributed by atoms with Crippen molar-refractivity contribution in [2.24, 2.45) is 0 Å². The summed E-state index contributed by atoms with van der Waals surface area (Å²) < 4.78 is 5.33. The summed E-state index contributed by atoms with van der Waals surface area (Å²) in [5.41, 5.74) is 4.71. The molecule has 2 aliphatic rings. The SMILES string of the molecule is COc1cc2c3c(c1O)-c1cc([N+](=O)[O-])ccc1CC3N(C)CC2. The molecule has 0 amide bonds. The summed E-state index contributed by atoms with van der Waals surface area (Å²) in [6.07, 6.45) is 1.66. The van der Waals surface area contributed by atoms with Gasteiger partial charge in [-0.1, -0.05) is 6.07 Å². The van der Waals surface area contributed by atoms with Gasteiger partial charge >= 0.3 is 0 Å². The number of nitrogens with zero attached hydrogens (tertiary/aromatic N) is 2. The number of methoxy groups -OCH3 is 1. The first-order chi connectivity index (χ1) is 11.5. The minimum absolute atomic E-state index is 0.0346. The number of nitro benzene ring substituents is 1. The fourth-order valence-corrected chi connectivity index (χ4v) is 3.96. The molecule has 6 heteroatoms. The zero-order valence-corrected chi connectivity index (χ0v) is 13.6. The molecule has 0 saturated heterocycles. The van der Waals surface area contributed by atoms with Crippen molar-refractivity contribution in [2.75, 3.05) is 20.7 Å². The van der Waals surface area contributed by atoms with Crippen LogP contribution in [0.5, 0.6) is 11.5 Å². The number of non-ortho nitro benzene ring substituents is 1. The third-order valence-corrected chi connectivity index (χ3v) is 5.20. The Labute approximate surface area is 139 Å². The maximum Gasteiger partial charge on any atom is 0.270 e. The quantitative estimate of drug-likeness (QED) is 0.678. The number of likely N-dealkylation sites (N-methyl/N-ethyl adjacent to an activating group) is 1. The van der Waals surface area contributed by atoms with E-state index in [4.69, 9.17) is 4.74 Å². The van der Waals surface area contributed by atoms with Crippen LogP contribution >= 0.6 is 0 Å². The van der Waals surface area contributed by atoms with E-state index < -0.39 is 4.92 Å². The zero-order valence-electron chi connectivity index (χ0n) is 13.6. The Kier molecular flexibility index (Phi) is 3.25. The molecule has 1 atom stereocenters. The number of nitro groups is 1. The van der Waals surface area contributed by atoms with Gasteiger partial charge in [-0.15, -0.1) is 0 Å². The second kappa shape index (κ2) is 5.21. The predicted octanol–water partition coefficient (Wildman–Crippen LogP) is 3.06. The third-order valence-electron chi connectivity index (χ3n) is 5.20. The number of hydrogen-bond donors (Lipinski definition) is 1. The van der Waals surface area contributed by atoms with E-state index in [1.807, 2.05) is 6.07 Å². The predicted molar refractivity (Wildman–Crippen MR) is 89.5 cm³/mol. The van der Waals surface area contributed by atoms with Crippen molar-refractivity contribution >= 4 is 5.69 Å². The molecule has 1 heterocycles. The van der Waals surface area contributed by atoms with E-state index in [1.54, 1.807) is 12.1 Å². The average Bonchev–Trinajstić information content (AvgIpc) is 2.58. The van der Waals surface area contributed by atoms with Crippen LogP contribution in [0.3, 0.4) is 0 Å². The van der Waals surface area contributed by atoms with Gasteiger partial charge < -0.3 is 9.84 Å². The molecule has 2 aromatic carbocycles.